The van der Waals surface area contributed by atoms with Crippen molar-refractivity contribution < 1.29 is 14.0 Å². The molecule has 2 saturated heterocycles. The summed E-state index contributed by atoms with van der Waals surface area (Å²) in [6, 6.07) is 6.39. The van der Waals surface area contributed by atoms with Crippen LogP contribution in [0.4, 0.5) is 4.39 Å². The van der Waals surface area contributed by atoms with Gasteiger partial charge in [-0.1, -0.05) is 26.0 Å². The summed E-state index contributed by atoms with van der Waals surface area (Å²) in [6.45, 7) is 6.17. The molecule has 2 atom stereocenters. The zero-order valence-electron chi connectivity index (χ0n) is 15.1. The Bertz CT molecular complexity index is 629. The normalized spacial score (nSPS) is 23.5. The van der Waals surface area contributed by atoms with Crippen LogP contribution in [0.25, 0.3) is 0 Å². The number of likely N-dealkylation sites (tertiary alicyclic amines) is 2. The number of fused-ring (bicyclic) bond motifs is 1. The fraction of sp³-hybridized carbons (Fsp3) is 0.600. The van der Waals surface area contributed by atoms with Crippen LogP contribution in [0.3, 0.4) is 0 Å². The van der Waals surface area contributed by atoms with Gasteiger partial charge in [-0.05, 0) is 42.9 Å². The molecule has 0 spiro atoms. The summed E-state index contributed by atoms with van der Waals surface area (Å²) < 4.78 is 13.0. The molecule has 3 rings (SSSR count). The highest BCUT2D eigenvalue weighted by atomic mass is 19.1. The number of nitrogens with zero attached hydrogens (tertiary/aromatic N) is 2. The lowest BCUT2D eigenvalue weighted by atomic mass is 9.83. The molecule has 2 aliphatic heterocycles. The second-order valence-electron chi connectivity index (χ2n) is 7.59. The monoisotopic (exact) mass is 346 g/mol. The first-order chi connectivity index (χ1) is 12.0. The van der Waals surface area contributed by atoms with Crippen molar-refractivity contribution >= 4 is 11.8 Å². The first kappa shape index (κ1) is 17.9. The summed E-state index contributed by atoms with van der Waals surface area (Å²) in [5.41, 5.74) is 0.848. The molecule has 2 fully saturated rings. The van der Waals surface area contributed by atoms with Crippen LogP contribution in [0.1, 0.15) is 38.7 Å². The lowest BCUT2D eigenvalue weighted by Gasteiger charge is -2.47. The van der Waals surface area contributed by atoms with E-state index in [0.717, 1.165) is 44.5 Å². The first-order valence-electron chi connectivity index (χ1n) is 9.28. The van der Waals surface area contributed by atoms with E-state index in [-0.39, 0.29) is 29.6 Å². The molecular weight excluding hydrogens is 319 g/mol. The Morgan fingerprint density at radius 1 is 1.16 bits per heavy atom. The maximum Gasteiger partial charge on any atom is 0.227 e. The van der Waals surface area contributed by atoms with Gasteiger partial charge in [0.1, 0.15) is 5.82 Å². The molecule has 2 heterocycles. The number of hydrogen-bond acceptors (Lipinski definition) is 2. The van der Waals surface area contributed by atoms with Gasteiger partial charge < -0.3 is 9.80 Å². The molecule has 1 aromatic rings. The van der Waals surface area contributed by atoms with Gasteiger partial charge in [0.15, 0.2) is 0 Å². The van der Waals surface area contributed by atoms with Crippen molar-refractivity contribution in [3.63, 3.8) is 0 Å². The molecule has 0 saturated carbocycles. The van der Waals surface area contributed by atoms with Crippen LogP contribution in [0, 0.1) is 17.7 Å². The first-order valence-corrected chi connectivity index (χ1v) is 9.28. The Morgan fingerprint density at radius 2 is 1.88 bits per heavy atom. The van der Waals surface area contributed by atoms with Crippen LogP contribution in [0.15, 0.2) is 24.3 Å². The summed E-state index contributed by atoms with van der Waals surface area (Å²) >= 11 is 0. The van der Waals surface area contributed by atoms with Crippen molar-refractivity contribution in [3.05, 3.63) is 35.6 Å². The van der Waals surface area contributed by atoms with E-state index in [1.807, 2.05) is 23.6 Å². The molecule has 0 radical (unpaired) electrons. The molecule has 2 aliphatic rings. The van der Waals surface area contributed by atoms with E-state index in [9.17, 15) is 14.0 Å². The van der Waals surface area contributed by atoms with Crippen molar-refractivity contribution in [1.82, 2.24) is 9.80 Å². The highest BCUT2D eigenvalue weighted by molar-refractivity contribution is 5.80. The highest BCUT2D eigenvalue weighted by Gasteiger charge is 2.39. The molecule has 0 aromatic heterocycles. The third-order valence-corrected chi connectivity index (χ3v) is 5.46. The largest absolute Gasteiger partial charge is 0.342 e. The van der Waals surface area contributed by atoms with Crippen LogP contribution in [0.2, 0.25) is 0 Å². The Balaban J connectivity index is 1.64. The minimum atomic E-state index is -0.281. The summed E-state index contributed by atoms with van der Waals surface area (Å²) in [5, 5.41) is 0. The van der Waals surface area contributed by atoms with E-state index >= 15 is 0 Å². The lowest BCUT2D eigenvalue weighted by molar-refractivity contribution is -0.142. The summed E-state index contributed by atoms with van der Waals surface area (Å²) in [4.78, 5) is 29.0. The van der Waals surface area contributed by atoms with Crippen LogP contribution in [0.5, 0.6) is 0 Å². The summed E-state index contributed by atoms with van der Waals surface area (Å²) in [5.74, 6) is 0.452. The molecule has 136 valence electrons. The van der Waals surface area contributed by atoms with Gasteiger partial charge in [0, 0.05) is 31.6 Å². The third-order valence-electron chi connectivity index (χ3n) is 5.46. The van der Waals surface area contributed by atoms with E-state index in [4.69, 9.17) is 0 Å². The number of rotatable bonds is 3. The molecular formula is C20H27FN2O2. The molecule has 1 aromatic carbocycles. The van der Waals surface area contributed by atoms with Gasteiger partial charge >= 0.3 is 0 Å². The van der Waals surface area contributed by atoms with Gasteiger partial charge in [-0.2, -0.15) is 0 Å². The zero-order valence-corrected chi connectivity index (χ0v) is 15.1. The second kappa shape index (κ2) is 7.54. The number of hydrogen-bond donors (Lipinski definition) is 0. The van der Waals surface area contributed by atoms with Crippen LogP contribution in [-0.4, -0.2) is 47.3 Å². The minimum Gasteiger partial charge on any atom is -0.342 e. The number of piperidine rings is 2. The molecule has 5 heteroatoms. The van der Waals surface area contributed by atoms with E-state index in [0.29, 0.717) is 12.3 Å². The number of carbonyl (C=O) groups is 2. The standard InChI is InChI=1S/C20H27FN2O2/c1-14(2)20(25)22-11-9-18-16(13-22)4-3-10-23(18)19(24)12-15-5-7-17(21)8-6-15/h5-8,14,16,18H,3-4,9-13H2,1-2H3/t16-,18-/m1/s1. The Hall–Kier alpha value is -1.91. The van der Waals surface area contributed by atoms with Crippen molar-refractivity contribution in [2.24, 2.45) is 11.8 Å². The highest BCUT2D eigenvalue weighted by Crippen LogP contribution is 2.31. The maximum atomic E-state index is 13.0. The Morgan fingerprint density at radius 3 is 2.56 bits per heavy atom. The van der Waals surface area contributed by atoms with Crippen LogP contribution in [-0.2, 0) is 16.0 Å². The van der Waals surface area contributed by atoms with Crippen molar-refractivity contribution in [2.45, 2.75) is 45.6 Å². The molecule has 0 unspecified atom stereocenters. The predicted octanol–water partition coefficient (Wildman–Crippen LogP) is 2.86. The number of halogens is 1. The van der Waals surface area contributed by atoms with Crippen molar-refractivity contribution in [1.29, 1.82) is 0 Å². The SMILES string of the molecule is CC(C)C(=O)N1CC[C@@H]2[C@H](CCCN2C(=O)Cc2ccc(F)cc2)C1. The maximum absolute atomic E-state index is 13.0. The predicted molar refractivity (Wildman–Crippen MR) is 94.4 cm³/mol. The molecule has 25 heavy (non-hydrogen) atoms. The van der Waals surface area contributed by atoms with E-state index in [1.54, 1.807) is 12.1 Å². The fourth-order valence-electron chi connectivity index (χ4n) is 4.16. The van der Waals surface area contributed by atoms with Crippen molar-refractivity contribution in [2.75, 3.05) is 19.6 Å². The van der Waals surface area contributed by atoms with E-state index < -0.39 is 0 Å². The average molecular weight is 346 g/mol. The second-order valence-corrected chi connectivity index (χ2v) is 7.59. The molecule has 0 bridgehead atoms. The lowest BCUT2D eigenvalue weighted by Crippen LogP contribution is -2.57. The molecule has 2 amide bonds. The fourth-order valence-corrected chi connectivity index (χ4v) is 4.16. The smallest absolute Gasteiger partial charge is 0.227 e. The zero-order chi connectivity index (χ0) is 18.0. The van der Waals surface area contributed by atoms with E-state index in [1.165, 1.54) is 12.1 Å². The summed E-state index contributed by atoms with van der Waals surface area (Å²) in [7, 11) is 0. The number of benzene rings is 1. The summed E-state index contributed by atoms with van der Waals surface area (Å²) in [6.07, 6.45) is 3.24. The minimum absolute atomic E-state index is 0.0244. The molecule has 0 N–H and O–H groups in total. The third kappa shape index (κ3) is 4.02. The Labute approximate surface area is 149 Å². The van der Waals surface area contributed by atoms with Gasteiger partial charge in [0.25, 0.3) is 0 Å². The van der Waals surface area contributed by atoms with Gasteiger partial charge in [-0.25, -0.2) is 4.39 Å². The Kier molecular flexibility index (Phi) is 5.40. The number of amides is 2. The van der Waals surface area contributed by atoms with Crippen LogP contribution < -0.4 is 0 Å². The average Bonchev–Trinajstić information content (AvgIpc) is 2.61. The molecule has 4 nitrogen and oxygen atoms in total. The quantitative estimate of drug-likeness (QED) is 0.844. The van der Waals surface area contributed by atoms with Gasteiger partial charge in [-0.3, -0.25) is 9.59 Å². The topological polar surface area (TPSA) is 40.6 Å². The van der Waals surface area contributed by atoms with Gasteiger partial charge in [-0.15, -0.1) is 0 Å². The van der Waals surface area contributed by atoms with E-state index in [2.05, 4.69) is 0 Å². The van der Waals surface area contributed by atoms with Gasteiger partial charge in [0.2, 0.25) is 11.8 Å². The number of carbonyl (C=O) groups excluding carboxylic acids is 2. The van der Waals surface area contributed by atoms with Crippen molar-refractivity contribution in [3.8, 4) is 0 Å². The van der Waals surface area contributed by atoms with Gasteiger partial charge in [0.05, 0.1) is 6.42 Å². The molecule has 0 aliphatic carbocycles. The van der Waals surface area contributed by atoms with Crippen LogP contribution >= 0.6 is 0 Å².